The number of methoxy groups -OCH3 is 1. The molecule has 168 valence electrons. The van der Waals surface area contributed by atoms with Gasteiger partial charge in [0.15, 0.2) is 0 Å². The monoisotopic (exact) mass is 426 g/mol. The number of unbranched alkanes of at least 4 members (excludes halogenated alkanes) is 12. The minimum absolute atomic E-state index is 0.131. The fourth-order valence-corrected chi connectivity index (χ4v) is 3.25. The van der Waals surface area contributed by atoms with Gasteiger partial charge < -0.3 is 9.47 Å². The lowest BCUT2D eigenvalue weighted by Gasteiger charge is -2.15. The lowest BCUT2D eigenvalue weighted by molar-refractivity contribution is -0.148. The van der Waals surface area contributed by atoms with Crippen LogP contribution in [0.4, 0.5) is 4.20 Å². The van der Waals surface area contributed by atoms with E-state index in [1.54, 1.807) is 0 Å². The summed E-state index contributed by atoms with van der Waals surface area (Å²) < 4.78 is 36.9. The van der Waals surface area contributed by atoms with E-state index in [0.29, 0.717) is 6.42 Å². The maximum atomic E-state index is 12.4. The van der Waals surface area contributed by atoms with Crippen LogP contribution in [0, 0.1) is 0 Å². The van der Waals surface area contributed by atoms with Crippen molar-refractivity contribution in [3.8, 4) is 0 Å². The van der Waals surface area contributed by atoms with Gasteiger partial charge in [-0.1, -0.05) is 84.0 Å². The third kappa shape index (κ3) is 20.2. The lowest BCUT2D eigenvalue weighted by atomic mass is 10.0. The molecule has 0 radical (unpaired) electrons. The summed E-state index contributed by atoms with van der Waals surface area (Å²) in [6.45, 7) is 1.66. The quantitative estimate of drug-likeness (QED) is 0.144. The van der Waals surface area contributed by atoms with Crippen molar-refractivity contribution in [3.63, 3.8) is 0 Å². The number of ether oxygens (including phenoxy) is 2. The molecular formula is C20H40FO6P. The van der Waals surface area contributed by atoms with Crippen LogP contribution in [0.5, 0.6) is 0 Å². The second kappa shape index (κ2) is 18.5. The topological polar surface area (TPSA) is 82.1 Å². The lowest BCUT2D eigenvalue weighted by Crippen LogP contribution is -2.25. The van der Waals surface area contributed by atoms with Crippen molar-refractivity contribution < 1.29 is 32.4 Å². The first-order valence-electron chi connectivity index (χ1n) is 10.7. The zero-order valence-electron chi connectivity index (χ0n) is 17.7. The average molecular weight is 427 g/mol. The van der Waals surface area contributed by atoms with Crippen molar-refractivity contribution in [2.24, 2.45) is 0 Å². The Hall–Kier alpha value is -0.490. The van der Waals surface area contributed by atoms with Crippen LogP contribution >= 0.6 is 7.91 Å². The highest BCUT2D eigenvalue weighted by Gasteiger charge is 2.21. The summed E-state index contributed by atoms with van der Waals surface area (Å²) in [6.07, 6.45) is 15.7. The van der Waals surface area contributed by atoms with Gasteiger partial charge >= 0.3 is 13.9 Å². The second-order valence-electron chi connectivity index (χ2n) is 7.28. The molecule has 0 fully saturated rings. The van der Waals surface area contributed by atoms with E-state index in [-0.39, 0.29) is 12.6 Å². The van der Waals surface area contributed by atoms with Gasteiger partial charge in [0.1, 0.15) is 12.7 Å². The SMILES string of the molecule is CCCCCCCCCCCCCCCC(=O)OCC(COP(=O)(O)F)OC. The predicted molar refractivity (Wildman–Crippen MR) is 109 cm³/mol. The van der Waals surface area contributed by atoms with E-state index in [9.17, 15) is 13.6 Å². The van der Waals surface area contributed by atoms with Crippen LogP contribution in [0.1, 0.15) is 96.8 Å². The van der Waals surface area contributed by atoms with Crippen molar-refractivity contribution >= 4 is 13.9 Å². The molecule has 0 saturated carbocycles. The minimum atomic E-state index is -5.04. The van der Waals surface area contributed by atoms with Crippen LogP contribution in [-0.2, 0) is 23.4 Å². The molecule has 2 unspecified atom stereocenters. The van der Waals surface area contributed by atoms with Gasteiger partial charge in [-0.05, 0) is 6.42 Å². The third-order valence-corrected chi connectivity index (χ3v) is 5.14. The Kier molecular flexibility index (Phi) is 18.2. The van der Waals surface area contributed by atoms with E-state index in [4.69, 9.17) is 14.4 Å². The molecule has 0 heterocycles. The van der Waals surface area contributed by atoms with Crippen LogP contribution in [0.25, 0.3) is 0 Å². The van der Waals surface area contributed by atoms with Crippen molar-refractivity contribution in [2.45, 2.75) is 103 Å². The Bertz CT molecular complexity index is 416. The maximum absolute atomic E-state index is 12.4. The molecule has 0 spiro atoms. The zero-order valence-corrected chi connectivity index (χ0v) is 18.6. The van der Waals surface area contributed by atoms with E-state index in [1.165, 1.54) is 71.3 Å². The summed E-state index contributed by atoms with van der Waals surface area (Å²) in [5.41, 5.74) is 0. The van der Waals surface area contributed by atoms with Crippen molar-refractivity contribution in [1.82, 2.24) is 0 Å². The molecular weight excluding hydrogens is 386 g/mol. The summed E-state index contributed by atoms with van der Waals surface area (Å²) in [4.78, 5) is 20.1. The molecule has 0 bridgehead atoms. The van der Waals surface area contributed by atoms with Crippen molar-refractivity contribution in [1.29, 1.82) is 0 Å². The first-order valence-corrected chi connectivity index (χ1v) is 12.2. The van der Waals surface area contributed by atoms with E-state index in [2.05, 4.69) is 11.4 Å². The number of carbonyl (C=O) groups excluding carboxylic acids is 1. The Morgan fingerprint density at radius 3 is 1.79 bits per heavy atom. The molecule has 2 atom stereocenters. The molecule has 0 rings (SSSR count). The number of rotatable bonds is 20. The van der Waals surface area contributed by atoms with Gasteiger partial charge in [-0.3, -0.25) is 14.2 Å². The van der Waals surface area contributed by atoms with Crippen molar-refractivity contribution in [3.05, 3.63) is 0 Å². The van der Waals surface area contributed by atoms with Crippen LogP contribution in [0.2, 0.25) is 0 Å². The highest BCUT2D eigenvalue weighted by atomic mass is 31.2. The smallest absolute Gasteiger partial charge is 0.463 e. The number of carbonyl (C=O) groups is 1. The standard InChI is InChI=1S/C20H40FO6P/c1-3-4-5-6-7-8-9-10-11-12-13-14-15-16-20(22)26-17-19(25-2)18-27-28(21,23)24/h19H,3-18H2,1-2H3,(H,23,24). The van der Waals surface area contributed by atoms with Crippen molar-refractivity contribution in [2.75, 3.05) is 20.3 Å². The van der Waals surface area contributed by atoms with Gasteiger partial charge in [0, 0.05) is 13.5 Å². The molecule has 0 amide bonds. The molecule has 0 aliphatic carbocycles. The van der Waals surface area contributed by atoms with Gasteiger partial charge in [-0.15, -0.1) is 4.20 Å². The molecule has 6 nitrogen and oxygen atoms in total. The molecule has 8 heteroatoms. The van der Waals surface area contributed by atoms with Gasteiger partial charge in [-0.25, -0.2) is 4.57 Å². The normalized spacial score (nSPS) is 14.6. The van der Waals surface area contributed by atoms with Gasteiger partial charge in [-0.2, -0.15) is 0 Å². The zero-order chi connectivity index (χ0) is 21.1. The van der Waals surface area contributed by atoms with E-state index >= 15 is 0 Å². The first-order chi connectivity index (χ1) is 13.4. The van der Waals surface area contributed by atoms with E-state index in [0.717, 1.165) is 19.3 Å². The summed E-state index contributed by atoms with van der Waals surface area (Å²) >= 11 is 0. The summed E-state index contributed by atoms with van der Waals surface area (Å²) in [5.74, 6) is -0.349. The summed E-state index contributed by atoms with van der Waals surface area (Å²) in [5, 5.41) is 0. The number of halogens is 1. The summed E-state index contributed by atoms with van der Waals surface area (Å²) in [6, 6.07) is 0. The van der Waals surface area contributed by atoms with Crippen LogP contribution < -0.4 is 0 Å². The highest BCUT2D eigenvalue weighted by Crippen LogP contribution is 2.43. The highest BCUT2D eigenvalue weighted by molar-refractivity contribution is 7.46. The van der Waals surface area contributed by atoms with Gasteiger partial charge in [0.25, 0.3) is 0 Å². The van der Waals surface area contributed by atoms with Crippen LogP contribution in [-0.4, -0.2) is 37.3 Å². The van der Waals surface area contributed by atoms with E-state index < -0.39 is 20.6 Å². The molecule has 0 aromatic carbocycles. The van der Waals surface area contributed by atoms with Gasteiger partial charge in [0.2, 0.25) is 0 Å². The van der Waals surface area contributed by atoms with Crippen LogP contribution in [0.15, 0.2) is 0 Å². The largest absolute Gasteiger partial charge is 0.510 e. The molecule has 0 aromatic heterocycles. The average Bonchev–Trinajstić information content (AvgIpc) is 2.64. The first kappa shape index (κ1) is 27.5. The molecule has 0 saturated heterocycles. The fourth-order valence-electron chi connectivity index (χ4n) is 2.90. The Morgan fingerprint density at radius 2 is 1.36 bits per heavy atom. The molecule has 1 N–H and O–H groups in total. The fraction of sp³-hybridized carbons (Fsp3) is 0.950. The number of esters is 1. The molecule has 0 aromatic rings. The Morgan fingerprint density at radius 1 is 0.893 bits per heavy atom. The summed E-state index contributed by atoms with van der Waals surface area (Å²) in [7, 11) is -3.72. The Labute approximate surface area is 170 Å². The predicted octanol–water partition coefficient (Wildman–Crippen LogP) is 6.11. The van der Waals surface area contributed by atoms with E-state index in [1.807, 2.05) is 0 Å². The number of hydrogen-bond acceptors (Lipinski definition) is 5. The molecule has 0 aliphatic rings. The third-order valence-electron chi connectivity index (χ3n) is 4.67. The second-order valence-corrected chi connectivity index (χ2v) is 8.44. The maximum Gasteiger partial charge on any atom is 0.510 e. The number of hydrogen-bond donors (Lipinski definition) is 1. The minimum Gasteiger partial charge on any atom is -0.463 e. The van der Waals surface area contributed by atoms with Crippen LogP contribution in [0.3, 0.4) is 0 Å². The molecule has 0 aliphatic heterocycles. The molecule has 28 heavy (non-hydrogen) atoms. The Balaban J connectivity index is 3.44. The van der Waals surface area contributed by atoms with Gasteiger partial charge in [0.05, 0.1) is 6.61 Å².